The first kappa shape index (κ1) is 10.3. The molecule has 2 heteroatoms. The molecular formula is C13H15FO. The van der Waals surface area contributed by atoms with E-state index in [4.69, 9.17) is 0 Å². The van der Waals surface area contributed by atoms with Gasteiger partial charge in [-0.1, -0.05) is 12.1 Å². The van der Waals surface area contributed by atoms with Gasteiger partial charge in [0.2, 0.25) is 0 Å². The molecule has 1 unspecified atom stereocenters. The van der Waals surface area contributed by atoms with Crippen LogP contribution in [0.5, 0.6) is 0 Å². The summed E-state index contributed by atoms with van der Waals surface area (Å²) < 4.78 is 13.5. The van der Waals surface area contributed by atoms with Crippen LogP contribution in [0.4, 0.5) is 4.39 Å². The van der Waals surface area contributed by atoms with Crippen LogP contribution in [-0.2, 0) is 11.2 Å². The summed E-state index contributed by atoms with van der Waals surface area (Å²) in [5, 5.41) is 0. The van der Waals surface area contributed by atoms with Crippen LogP contribution in [-0.4, -0.2) is 5.78 Å². The Hall–Kier alpha value is -1.18. The molecule has 15 heavy (non-hydrogen) atoms. The van der Waals surface area contributed by atoms with Crippen molar-refractivity contribution in [2.24, 2.45) is 0 Å². The molecule has 1 aliphatic rings. The molecule has 1 nitrogen and oxygen atoms in total. The third-order valence-corrected chi connectivity index (χ3v) is 3.11. The summed E-state index contributed by atoms with van der Waals surface area (Å²) in [6.07, 6.45) is 3.37. The molecule has 0 heterocycles. The van der Waals surface area contributed by atoms with Gasteiger partial charge in [-0.15, -0.1) is 0 Å². The topological polar surface area (TPSA) is 17.1 Å². The second-order valence-corrected chi connectivity index (χ2v) is 4.30. The van der Waals surface area contributed by atoms with E-state index in [0.717, 1.165) is 30.4 Å². The molecule has 1 atom stereocenters. The smallest absolute Gasteiger partial charge is 0.130 e. The first-order chi connectivity index (χ1) is 7.18. The van der Waals surface area contributed by atoms with E-state index in [2.05, 4.69) is 0 Å². The molecule has 0 N–H and O–H groups in total. The van der Waals surface area contributed by atoms with Gasteiger partial charge in [-0.05, 0) is 49.3 Å². The molecule has 0 bridgehead atoms. The molecule has 0 amide bonds. The van der Waals surface area contributed by atoms with E-state index in [0.29, 0.717) is 6.42 Å². The standard InChI is InChI=1S/C13H15FO/c1-9(15)8-10-4-2-6-12-11(10)5-3-7-13(12)14/h3,5,7,10H,2,4,6,8H2,1H3. The van der Waals surface area contributed by atoms with Crippen LogP contribution in [0.3, 0.4) is 0 Å². The number of carbonyl (C=O) groups is 1. The molecule has 80 valence electrons. The maximum absolute atomic E-state index is 13.5. The van der Waals surface area contributed by atoms with Gasteiger partial charge in [-0.2, -0.15) is 0 Å². The van der Waals surface area contributed by atoms with Crippen LogP contribution in [0.1, 0.15) is 43.2 Å². The summed E-state index contributed by atoms with van der Waals surface area (Å²) in [4.78, 5) is 11.1. The number of fused-ring (bicyclic) bond motifs is 1. The van der Waals surface area contributed by atoms with E-state index >= 15 is 0 Å². The molecule has 1 aliphatic carbocycles. The third kappa shape index (κ3) is 2.09. The lowest BCUT2D eigenvalue weighted by molar-refractivity contribution is -0.117. The van der Waals surface area contributed by atoms with E-state index in [1.807, 2.05) is 6.07 Å². The molecule has 0 aliphatic heterocycles. The van der Waals surface area contributed by atoms with Crippen molar-refractivity contribution in [3.05, 3.63) is 35.1 Å². The van der Waals surface area contributed by atoms with Crippen LogP contribution in [0.2, 0.25) is 0 Å². The average Bonchev–Trinajstić information content (AvgIpc) is 2.19. The number of hydrogen-bond donors (Lipinski definition) is 0. The lowest BCUT2D eigenvalue weighted by Gasteiger charge is -2.24. The van der Waals surface area contributed by atoms with Crippen LogP contribution in [0.15, 0.2) is 18.2 Å². The minimum absolute atomic E-state index is 0.110. The van der Waals surface area contributed by atoms with Crippen LogP contribution in [0, 0.1) is 5.82 Å². The van der Waals surface area contributed by atoms with Crippen molar-refractivity contribution >= 4 is 5.78 Å². The molecule has 0 fully saturated rings. The summed E-state index contributed by atoms with van der Waals surface area (Å²) in [5.74, 6) is 0.319. The van der Waals surface area contributed by atoms with Gasteiger partial charge in [0.25, 0.3) is 0 Å². The van der Waals surface area contributed by atoms with Gasteiger partial charge >= 0.3 is 0 Å². The molecular weight excluding hydrogens is 191 g/mol. The Bertz CT molecular complexity index is 384. The monoisotopic (exact) mass is 206 g/mol. The minimum atomic E-state index is -0.110. The van der Waals surface area contributed by atoms with E-state index in [-0.39, 0.29) is 17.5 Å². The van der Waals surface area contributed by atoms with Gasteiger partial charge in [-0.25, -0.2) is 4.39 Å². The molecule has 0 spiro atoms. The van der Waals surface area contributed by atoms with Gasteiger partial charge in [-0.3, -0.25) is 0 Å². The Balaban J connectivity index is 2.34. The average molecular weight is 206 g/mol. The Labute approximate surface area is 89.3 Å². The van der Waals surface area contributed by atoms with Crippen molar-refractivity contribution < 1.29 is 9.18 Å². The van der Waals surface area contributed by atoms with Crippen LogP contribution in [0.25, 0.3) is 0 Å². The normalized spacial score (nSPS) is 19.7. The number of rotatable bonds is 2. The van der Waals surface area contributed by atoms with Crippen molar-refractivity contribution in [1.82, 2.24) is 0 Å². The van der Waals surface area contributed by atoms with Gasteiger partial charge in [0.15, 0.2) is 0 Å². The zero-order valence-electron chi connectivity index (χ0n) is 8.92. The largest absolute Gasteiger partial charge is 0.300 e. The fraction of sp³-hybridized carbons (Fsp3) is 0.462. The highest BCUT2D eigenvalue weighted by atomic mass is 19.1. The molecule has 1 aromatic carbocycles. The number of hydrogen-bond acceptors (Lipinski definition) is 1. The van der Waals surface area contributed by atoms with E-state index < -0.39 is 0 Å². The predicted octanol–water partition coefficient (Wildman–Crippen LogP) is 3.22. The minimum Gasteiger partial charge on any atom is -0.300 e. The molecule has 0 aromatic heterocycles. The summed E-state index contributed by atoms with van der Waals surface area (Å²) in [5.41, 5.74) is 1.88. The second-order valence-electron chi connectivity index (χ2n) is 4.30. The van der Waals surface area contributed by atoms with E-state index in [1.165, 1.54) is 6.07 Å². The SMILES string of the molecule is CC(=O)CC1CCCc2c(F)cccc21. The van der Waals surface area contributed by atoms with Gasteiger partial charge in [0.05, 0.1) is 0 Å². The number of benzene rings is 1. The quantitative estimate of drug-likeness (QED) is 0.726. The predicted molar refractivity (Wildman–Crippen MR) is 57.4 cm³/mol. The number of halogens is 1. The summed E-state index contributed by atoms with van der Waals surface area (Å²) in [6, 6.07) is 5.22. The lowest BCUT2D eigenvalue weighted by atomic mass is 9.80. The Kier molecular flexibility index (Phi) is 2.85. The molecule has 2 rings (SSSR count). The van der Waals surface area contributed by atoms with E-state index in [9.17, 15) is 9.18 Å². The number of ketones is 1. The molecule has 0 radical (unpaired) electrons. The summed E-state index contributed by atoms with van der Waals surface area (Å²) in [6.45, 7) is 1.60. The molecule has 0 saturated carbocycles. The molecule has 1 aromatic rings. The van der Waals surface area contributed by atoms with Crippen LogP contribution >= 0.6 is 0 Å². The van der Waals surface area contributed by atoms with Crippen molar-refractivity contribution in [3.63, 3.8) is 0 Å². The zero-order chi connectivity index (χ0) is 10.8. The van der Waals surface area contributed by atoms with Crippen molar-refractivity contribution in [2.45, 2.75) is 38.5 Å². The van der Waals surface area contributed by atoms with E-state index in [1.54, 1.807) is 13.0 Å². The Morgan fingerprint density at radius 2 is 2.33 bits per heavy atom. The van der Waals surface area contributed by atoms with Crippen molar-refractivity contribution in [2.75, 3.05) is 0 Å². The van der Waals surface area contributed by atoms with Crippen molar-refractivity contribution in [3.8, 4) is 0 Å². The van der Waals surface area contributed by atoms with Crippen molar-refractivity contribution in [1.29, 1.82) is 0 Å². The van der Waals surface area contributed by atoms with Crippen LogP contribution < -0.4 is 0 Å². The number of carbonyl (C=O) groups excluding carboxylic acids is 1. The fourth-order valence-electron chi connectivity index (χ4n) is 2.46. The number of Topliss-reactive ketones (excluding diaryl/α,β-unsaturated/α-hetero) is 1. The molecule has 0 saturated heterocycles. The zero-order valence-corrected chi connectivity index (χ0v) is 8.92. The highest BCUT2D eigenvalue weighted by Crippen LogP contribution is 2.35. The third-order valence-electron chi connectivity index (χ3n) is 3.11. The summed E-state index contributed by atoms with van der Waals surface area (Å²) >= 11 is 0. The summed E-state index contributed by atoms with van der Waals surface area (Å²) in [7, 11) is 0. The highest BCUT2D eigenvalue weighted by molar-refractivity contribution is 5.76. The fourth-order valence-corrected chi connectivity index (χ4v) is 2.46. The first-order valence-corrected chi connectivity index (χ1v) is 5.45. The maximum atomic E-state index is 13.5. The van der Waals surface area contributed by atoms with Gasteiger partial charge in [0.1, 0.15) is 11.6 Å². The Morgan fingerprint density at radius 3 is 3.07 bits per heavy atom. The van der Waals surface area contributed by atoms with Gasteiger partial charge < -0.3 is 4.79 Å². The maximum Gasteiger partial charge on any atom is 0.130 e. The Morgan fingerprint density at radius 1 is 1.53 bits per heavy atom. The second kappa shape index (κ2) is 4.13. The van der Waals surface area contributed by atoms with Gasteiger partial charge in [0, 0.05) is 6.42 Å². The lowest BCUT2D eigenvalue weighted by Crippen LogP contribution is -2.13. The first-order valence-electron chi connectivity index (χ1n) is 5.45. The highest BCUT2D eigenvalue weighted by Gasteiger charge is 2.23.